The van der Waals surface area contributed by atoms with Crippen LogP contribution < -0.4 is 9.62 Å². The number of rotatable bonds is 9. The van der Waals surface area contributed by atoms with Crippen LogP contribution in [0.3, 0.4) is 0 Å². The summed E-state index contributed by atoms with van der Waals surface area (Å²) in [6.45, 7) is 6.15. The minimum atomic E-state index is -3.57. The molecule has 2 aromatic carbocycles. The van der Waals surface area contributed by atoms with Gasteiger partial charge in [-0.2, -0.15) is 0 Å². The Kier molecular flexibility index (Phi) is 7.63. The first-order valence-electron chi connectivity index (χ1n) is 9.56. The number of benzene rings is 2. The molecule has 0 aliphatic carbocycles. The Morgan fingerprint density at radius 2 is 1.79 bits per heavy atom. The Bertz CT molecular complexity index is 895. The zero-order valence-corrected chi connectivity index (χ0v) is 17.9. The predicted octanol–water partition coefficient (Wildman–Crippen LogP) is 3.45. The van der Waals surface area contributed by atoms with Gasteiger partial charge in [-0.05, 0) is 48.9 Å². The van der Waals surface area contributed by atoms with Gasteiger partial charge in [-0.3, -0.25) is 9.10 Å². The van der Waals surface area contributed by atoms with Gasteiger partial charge in [-0.15, -0.1) is 0 Å². The molecule has 1 unspecified atom stereocenters. The Hall–Kier alpha value is -2.34. The number of carbonyl (C=O) groups is 1. The lowest BCUT2D eigenvalue weighted by Gasteiger charge is -2.24. The molecule has 6 heteroatoms. The summed E-state index contributed by atoms with van der Waals surface area (Å²) in [5, 5.41) is 2.92. The zero-order valence-electron chi connectivity index (χ0n) is 17.1. The van der Waals surface area contributed by atoms with E-state index >= 15 is 0 Å². The van der Waals surface area contributed by atoms with E-state index in [0.717, 1.165) is 30.2 Å². The maximum absolute atomic E-state index is 12.5. The molecule has 0 heterocycles. The summed E-state index contributed by atoms with van der Waals surface area (Å²) in [6, 6.07) is 15.8. The normalized spacial score (nSPS) is 12.4. The lowest BCUT2D eigenvalue weighted by Crippen LogP contribution is -2.42. The van der Waals surface area contributed by atoms with E-state index in [9.17, 15) is 13.2 Å². The highest BCUT2D eigenvalue weighted by Gasteiger charge is 2.22. The van der Waals surface area contributed by atoms with Crippen LogP contribution in [0, 0.1) is 19.8 Å². The van der Waals surface area contributed by atoms with Crippen LogP contribution in [-0.4, -0.2) is 33.7 Å². The van der Waals surface area contributed by atoms with Gasteiger partial charge in [0, 0.05) is 6.54 Å². The van der Waals surface area contributed by atoms with E-state index in [-0.39, 0.29) is 12.5 Å². The van der Waals surface area contributed by atoms with Crippen LogP contribution in [0.25, 0.3) is 0 Å². The lowest BCUT2D eigenvalue weighted by atomic mass is 9.97. The molecule has 152 valence electrons. The van der Waals surface area contributed by atoms with Crippen molar-refractivity contribution in [3.63, 3.8) is 0 Å². The molecule has 1 atom stereocenters. The second-order valence-corrected chi connectivity index (χ2v) is 9.23. The highest BCUT2D eigenvalue weighted by atomic mass is 32.2. The predicted molar refractivity (Wildman–Crippen MR) is 115 cm³/mol. The summed E-state index contributed by atoms with van der Waals surface area (Å²) in [5.74, 6) is 0.0107. The standard InChI is InChI=1S/C22H30N2O3S/c1-5-19(14-20-9-7-6-8-10-20)15-23-22(25)16-24(28(4,26)27)21-13-17(2)11-12-18(21)3/h6-13,19H,5,14-16H2,1-4H3,(H,23,25). The van der Waals surface area contributed by atoms with Gasteiger partial charge in [0.05, 0.1) is 11.9 Å². The number of aryl methyl sites for hydroxylation is 2. The lowest BCUT2D eigenvalue weighted by molar-refractivity contribution is -0.119. The summed E-state index contributed by atoms with van der Waals surface area (Å²) in [5.41, 5.74) is 3.55. The fourth-order valence-corrected chi connectivity index (χ4v) is 4.03. The van der Waals surface area contributed by atoms with E-state index in [0.29, 0.717) is 18.2 Å². The molecule has 0 aliphatic heterocycles. The minimum Gasteiger partial charge on any atom is -0.354 e. The van der Waals surface area contributed by atoms with Crippen molar-refractivity contribution in [3.8, 4) is 0 Å². The van der Waals surface area contributed by atoms with Crippen LogP contribution in [-0.2, 0) is 21.2 Å². The maximum atomic E-state index is 12.5. The third-order valence-electron chi connectivity index (χ3n) is 4.85. The molecule has 0 radical (unpaired) electrons. The number of hydrogen-bond donors (Lipinski definition) is 1. The second kappa shape index (κ2) is 9.73. The van der Waals surface area contributed by atoms with Crippen molar-refractivity contribution in [3.05, 3.63) is 65.2 Å². The highest BCUT2D eigenvalue weighted by molar-refractivity contribution is 7.92. The molecular formula is C22H30N2O3S. The molecule has 0 fully saturated rings. The molecular weight excluding hydrogens is 372 g/mol. The number of carbonyl (C=O) groups excluding carboxylic acids is 1. The molecule has 0 saturated heterocycles. The van der Waals surface area contributed by atoms with Crippen LogP contribution in [0.4, 0.5) is 5.69 Å². The molecule has 5 nitrogen and oxygen atoms in total. The van der Waals surface area contributed by atoms with Gasteiger partial charge in [0.2, 0.25) is 15.9 Å². The van der Waals surface area contributed by atoms with E-state index in [1.807, 2.05) is 44.2 Å². The van der Waals surface area contributed by atoms with Gasteiger partial charge in [0.15, 0.2) is 0 Å². The van der Waals surface area contributed by atoms with Crippen molar-refractivity contribution in [1.29, 1.82) is 0 Å². The van der Waals surface area contributed by atoms with Crippen molar-refractivity contribution in [2.45, 2.75) is 33.6 Å². The largest absolute Gasteiger partial charge is 0.354 e. The summed E-state index contributed by atoms with van der Waals surface area (Å²) >= 11 is 0. The summed E-state index contributed by atoms with van der Waals surface area (Å²) in [7, 11) is -3.57. The van der Waals surface area contributed by atoms with Crippen molar-refractivity contribution < 1.29 is 13.2 Å². The topological polar surface area (TPSA) is 66.5 Å². The van der Waals surface area contributed by atoms with Crippen LogP contribution in [0.1, 0.15) is 30.0 Å². The molecule has 2 aromatic rings. The van der Waals surface area contributed by atoms with Crippen LogP contribution >= 0.6 is 0 Å². The van der Waals surface area contributed by atoms with Crippen LogP contribution in [0.15, 0.2) is 48.5 Å². The third kappa shape index (κ3) is 6.37. The first-order chi connectivity index (χ1) is 13.2. The molecule has 28 heavy (non-hydrogen) atoms. The van der Waals surface area contributed by atoms with Crippen molar-refractivity contribution in [1.82, 2.24) is 5.32 Å². The monoisotopic (exact) mass is 402 g/mol. The SMILES string of the molecule is CCC(CNC(=O)CN(c1cc(C)ccc1C)S(C)(=O)=O)Cc1ccccc1. The number of nitrogens with zero attached hydrogens (tertiary/aromatic N) is 1. The average molecular weight is 403 g/mol. The highest BCUT2D eigenvalue weighted by Crippen LogP contribution is 2.23. The molecule has 0 saturated carbocycles. The second-order valence-electron chi connectivity index (χ2n) is 7.33. The summed E-state index contributed by atoms with van der Waals surface area (Å²) < 4.78 is 25.8. The number of sulfonamides is 1. The van der Waals surface area contributed by atoms with E-state index in [4.69, 9.17) is 0 Å². The average Bonchev–Trinajstić information content (AvgIpc) is 2.65. The molecule has 0 aliphatic rings. The van der Waals surface area contributed by atoms with E-state index in [2.05, 4.69) is 24.4 Å². The Morgan fingerprint density at radius 3 is 2.39 bits per heavy atom. The van der Waals surface area contributed by atoms with Crippen molar-refractivity contribution >= 4 is 21.6 Å². The van der Waals surface area contributed by atoms with Gasteiger partial charge < -0.3 is 5.32 Å². The van der Waals surface area contributed by atoms with Crippen LogP contribution in [0.2, 0.25) is 0 Å². The first-order valence-corrected chi connectivity index (χ1v) is 11.4. The van der Waals surface area contributed by atoms with Crippen molar-refractivity contribution in [2.24, 2.45) is 5.92 Å². The quantitative estimate of drug-likeness (QED) is 0.699. The van der Waals surface area contributed by atoms with Gasteiger partial charge >= 0.3 is 0 Å². The minimum absolute atomic E-state index is 0.217. The first kappa shape index (κ1) is 22.0. The molecule has 0 bridgehead atoms. The van der Waals surface area contributed by atoms with Gasteiger partial charge in [0.25, 0.3) is 0 Å². The van der Waals surface area contributed by atoms with E-state index < -0.39 is 10.0 Å². The Labute approximate surface area is 168 Å². The maximum Gasteiger partial charge on any atom is 0.240 e. The fraction of sp³-hybridized carbons (Fsp3) is 0.409. The molecule has 1 N–H and O–H groups in total. The smallest absolute Gasteiger partial charge is 0.240 e. The van der Waals surface area contributed by atoms with E-state index in [1.165, 1.54) is 9.87 Å². The fourth-order valence-electron chi connectivity index (χ4n) is 3.12. The number of hydrogen-bond acceptors (Lipinski definition) is 3. The zero-order chi connectivity index (χ0) is 20.7. The van der Waals surface area contributed by atoms with Gasteiger partial charge in [0.1, 0.15) is 6.54 Å². The van der Waals surface area contributed by atoms with Gasteiger partial charge in [-0.1, -0.05) is 55.8 Å². The summed E-state index contributed by atoms with van der Waals surface area (Å²) in [4.78, 5) is 12.5. The Balaban J connectivity index is 2.04. The number of anilines is 1. The molecule has 2 rings (SSSR count). The van der Waals surface area contributed by atoms with Crippen LogP contribution in [0.5, 0.6) is 0 Å². The third-order valence-corrected chi connectivity index (χ3v) is 5.98. The summed E-state index contributed by atoms with van der Waals surface area (Å²) in [6.07, 6.45) is 2.94. The molecule has 0 spiro atoms. The van der Waals surface area contributed by atoms with Gasteiger partial charge in [-0.25, -0.2) is 8.42 Å². The number of nitrogens with one attached hydrogen (secondary N) is 1. The Morgan fingerprint density at radius 1 is 1.11 bits per heavy atom. The van der Waals surface area contributed by atoms with Crippen molar-refractivity contribution in [2.75, 3.05) is 23.7 Å². The van der Waals surface area contributed by atoms with E-state index in [1.54, 1.807) is 6.07 Å². The molecule has 0 aromatic heterocycles. The molecule has 1 amide bonds. The number of amides is 1.